The minimum absolute atomic E-state index is 0.166. The van der Waals surface area contributed by atoms with Gasteiger partial charge in [-0.05, 0) is 6.92 Å². The van der Waals surface area contributed by atoms with Crippen molar-refractivity contribution in [2.45, 2.75) is 50.4 Å². The summed E-state index contributed by atoms with van der Waals surface area (Å²) < 4.78 is 7.16. The fourth-order valence-corrected chi connectivity index (χ4v) is 4.13. The molecule has 3 heterocycles. The van der Waals surface area contributed by atoms with Crippen LogP contribution in [-0.2, 0) is 9.53 Å². The fourth-order valence-electron chi connectivity index (χ4n) is 4.13. The van der Waals surface area contributed by atoms with Gasteiger partial charge in [0, 0.05) is 5.41 Å². The van der Waals surface area contributed by atoms with Crippen LogP contribution in [0.15, 0.2) is 12.7 Å². The third-order valence-electron chi connectivity index (χ3n) is 5.81. The van der Waals surface area contributed by atoms with E-state index in [1.54, 1.807) is 13.8 Å². The number of Topliss-reactive ketones (excluding diaryl/α,β-unsaturated/α-hetero) is 1. The van der Waals surface area contributed by atoms with E-state index < -0.39 is 40.8 Å². The molecule has 10 heteroatoms. The maximum absolute atomic E-state index is 11.6. The summed E-state index contributed by atoms with van der Waals surface area (Å²) in [5, 5.41) is 32.4. The zero-order valence-corrected chi connectivity index (χ0v) is 13.9. The number of aromatic nitrogens is 4. The van der Waals surface area contributed by atoms with E-state index in [9.17, 15) is 20.1 Å². The SMILES string of the molecule is CC(=O)[C@@H](O)[C@H]1O[C@@H](n2cnc3c(N)ncnc32)[C@@]2(O)C(C)(C)[C@]12O. The molecule has 2 aromatic heterocycles. The first-order chi connectivity index (χ1) is 11.6. The molecule has 0 unspecified atom stereocenters. The molecule has 1 aliphatic heterocycles. The molecular weight excluding hydrogens is 330 g/mol. The third kappa shape index (κ3) is 1.58. The monoisotopic (exact) mass is 349 g/mol. The molecule has 4 rings (SSSR count). The van der Waals surface area contributed by atoms with Crippen LogP contribution in [0.4, 0.5) is 5.82 Å². The summed E-state index contributed by atoms with van der Waals surface area (Å²) in [5.41, 5.74) is 1.85. The van der Waals surface area contributed by atoms with Crippen molar-refractivity contribution in [2.24, 2.45) is 5.41 Å². The van der Waals surface area contributed by atoms with Crippen molar-refractivity contribution >= 4 is 22.8 Å². The van der Waals surface area contributed by atoms with Crippen LogP contribution in [0.1, 0.15) is 27.0 Å². The first-order valence-corrected chi connectivity index (χ1v) is 7.80. The van der Waals surface area contributed by atoms with Crippen molar-refractivity contribution in [2.75, 3.05) is 5.73 Å². The van der Waals surface area contributed by atoms with Crippen molar-refractivity contribution in [1.82, 2.24) is 19.5 Å². The van der Waals surface area contributed by atoms with Crippen LogP contribution in [0.5, 0.6) is 0 Å². The highest BCUT2D eigenvalue weighted by atomic mass is 16.6. The summed E-state index contributed by atoms with van der Waals surface area (Å²) in [5.74, 6) is -0.398. The van der Waals surface area contributed by atoms with Gasteiger partial charge in [-0.3, -0.25) is 9.36 Å². The number of ether oxygens (including phenoxy) is 1. The number of carbonyl (C=O) groups excluding carboxylic acids is 1. The van der Waals surface area contributed by atoms with Crippen LogP contribution in [0.2, 0.25) is 0 Å². The molecule has 0 spiro atoms. The Morgan fingerprint density at radius 2 is 2.00 bits per heavy atom. The molecule has 2 aliphatic rings. The zero-order chi connectivity index (χ0) is 18.4. The normalized spacial score (nSPS) is 37.0. The van der Waals surface area contributed by atoms with E-state index in [2.05, 4.69) is 15.0 Å². The van der Waals surface area contributed by atoms with Gasteiger partial charge in [0.05, 0.1) is 6.33 Å². The second kappa shape index (κ2) is 4.52. The summed E-state index contributed by atoms with van der Waals surface area (Å²) in [6, 6.07) is 0. The van der Waals surface area contributed by atoms with Gasteiger partial charge in [0.1, 0.15) is 35.3 Å². The van der Waals surface area contributed by atoms with Gasteiger partial charge in [0.25, 0.3) is 0 Å². The van der Waals surface area contributed by atoms with Crippen LogP contribution in [0.3, 0.4) is 0 Å². The molecule has 2 fully saturated rings. The zero-order valence-electron chi connectivity index (χ0n) is 13.9. The highest BCUT2D eigenvalue weighted by Crippen LogP contribution is 2.75. The minimum Gasteiger partial charge on any atom is -0.383 e. The molecule has 5 N–H and O–H groups in total. The maximum atomic E-state index is 11.6. The Hall–Kier alpha value is -2.14. The van der Waals surface area contributed by atoms with Crippen molar-refractivity contribution < 1.29 is 24.9 Å². The number of fused-ring (bicyclic) bond motifs is 2. The Morgan fingerprint density at radius 1 is 1.32 bits per heavy atom. The van der Waals surface area contributed by atoms with Crippen molar-refractivity contribution in [3.8, 4) is 0 Å². The first-order valence-electron chi connectivity index (χ1n) is 7.80. The van der Waals surface area contributed by atoms with Gasteiger partial charge >= 0.3 is 0 Å². The summed E-state index contributed by atoms with van der Waals surface area (Å²) in [7, 11) is 0. The average molecular weight is 349 g/mol. The van der Waals surface area contributed by atoms with Gasteiger partial charge in [-0.1, -0.05) is 13.8 Å². The summed E-state index contributed by atoms with van der Waals surface area (Å²) in [6.07, 6.45) is -1.34. The molecule has 0 radical (unpaired) electrons. The number of nitrogens with two attached hydrogens (primary N) is 1. The molecule has 134 valence electrons. The quantitative estimate of drug-likeness (QED) is 0.532. The Kier molecular flexibility index (Phi) is 2.96. The van der Waals surface area contributed by atoms with Gasteiger partial charge in [-0.15, -0.1) is 0 Å². The number of carbonyl (C=O) groups is 1. The van der Waals surface area contributed by atoms with E-state index in [1.807, 2.05) is 0 Å². The lowest BCUT2D eigenvalue weighted by Crippen LogP contribution is -2.45. The lowest BCUT2D eigenvalue weighted by Gasteiger charge is -2.29. The topological polar surface area (TPSA) is 157 Å². The molecule has 0 amide bonds. The second-order valence-electron chi connectivity index (χ2n) is 7.21. The molecule has 0 aromatic carbocycles. The number of nitrogen functional groups attached to an aromatic ring is 1. The van der Waals surface area contributed by atoms with E-state index in [1.165, 1.54) is 24.1 Å². The van der Waals surface area contributed by atoms with Crippen LogP contribution in [0.25, 0.3) is 11.2 Å². The van der Waals surface area contributed by atoms with E-state index in [4.69, 9.17) is 10.5 Å². The minimum atomic E-state index is -1.80. The number of anilines is 1. The number of hydrogen-bond acceptors (Lipinski definition) is 9. The highest BCUT2D eigenvalue weighted by Gasteiger charge is 2.93. The molecule has 10 nitrogen and oxygen atoms in total. The molecule has 2 aromatic rings. The van der Waals surface area contributed by atoms with Crippen molar-refractivity contribution in [3.63, 3.8) is 0 Å². The lowest BCUT2D eigenvalue weighted by molar-refractivity contribution is -0.159. The number of aliphatic hydroxyl groups is 3. The lowest BCUT2D eigenvalue weighted by atomic mass is 9.96. The number of ketones is 1. The van der Waals surface area contributed by atoms with E-state index in [0.29, 0.717) is 11.2 Å². The van der Waals surface area contributed by atoms with Crippen LogP contribution in [-0.4, -0.2) is 64.0 Å². The van der Waals surface area contributed by atoms with E-state index in [-0.39, 0.29) is 5.82 Å². The average Bonchev–Trinajstić information content (AvgIpc) is 2.93. The van der Waals surface area contributed by atoms with Gasteiger partial charge in [-0.2, -0.15) is 0 Å². The molecule has 0 bridgehead atoms. The first kappa shape index (κ1) is 16.3. The smallest absolute Gasteiger partial charge is 0.169 e. The van der Waals surface area contributed by atoms with Crippen LogP contribution < -0.4 is 5.73 Å². The molecular formula is C15H19N5O5. The Labute approximate surface area is 142 Å². The summed E-state index contributed by atoms with van der Waals surface area (Å²) in [6.45, 7) is 4.48. The standard InChI is InChI=1S/C15H19N5O5/c1-6(21)8(22)9-14(23)13(2,3)15(14,24)12(25-9)20-5-19-7-10(16)17-4-18-11(7)20/h4-5,8-9,12,22-24H,1-3H3,(H2,16,17,18)/t8-,9-,12-,14-,15-/m1/s1. The molecule has 1 saturated heterocycles. The van der Waals surface area contributed by atoms with Crippen molar-refractivity contribution in [3.05, 3.63) is 12.7 Å². The Bertz CT molecular complexity index is 898. The molecule has 1 aliphatic carbocycles. The van der Waals surface area contributed by atoms with Gasteiger partial charge in [0.2, 0.25) is 0 Å². The number of aliphatic hydroxyl groups excluding tert-OH is 1. The Morgan fingerprint density at radius 3 is 2.64 bits per heavy atom. The fraction of sp³-hybridized carbons (Fsp3) is 0.600. The molecule has 1 saturated carbocycles. The molecule has 5 atom stereocenters. The largest absolute Gasteiger partial charge is 0.383 e. The maximum Gasteiger partial charge on any atom is 0.169 e. The van der Waals surface area contributed by atoms with Gasteiger partial charge in [-0.25, -0.2) is 15.0 Å². The predicted octanol–water partition coefficient (Wildman–Crippen LogP) is -1.24. The van der Waals surface area contributed by atoms with E-state index in [0.717, 1.165) is 0 Å². The van der Waals surface area contributed by atoms with Crippen LogP contribution in [0, 0.1) is 5.41 Å². The number of hydrogen-bond donors (Lipinski definition) is 4. The number of nitrogens with zero attached hydrogens (tertiary/aromatic N) is 4. The second-order valence-corrected chi connectivity index (χ2v) is 7.21. The van der Waals surface area contributed by atoms with Crippen LogP contribution >= 0.6 is 0 Å². The predicted molar refractivity (Wildman–Crippen MR) is 84.0 cm³/mol. The van der Waals surface area contributed by atoms with Gasteiger partial charge in [0.15, 0.2) is 23.5 Å². The van der Waals surface area contributed by atoms with Crippen molar-refractivity contribution in [1.29, 1.82) is 0 Å². The number of imidazole rings is 1. The number of rotatable bonds is 3. The van der Waals surface area contributed by atoms with Gasteiger partial charge < -0.3 is 25.8 Å². The third-order valence-corrected chi connectivity index (χ3v) is 5.81. The van der Waals surface area contributed by atoms with E-state index >= 15 is 0 Å². The summed E-state index contributed by atoms with van der Waals surface area (Å²) >= 11 is 0. The Balaban J connectivity index is 1.86. The molecule has 25 heavy (non-hydrogen) atoms. The highest BCUT2D eigenvalue weighted by molar-refractivity contribution is 5.82. The summed E-state index contributed by atoms with van der Waals surface area (Å²) in [4.78, 5) is 23.7.